The Morgan fingerprint density at radius 1 is 1.43 bits per heavy atom. The summed E-state index contributed by atoms with van der Waals surface area (Å²) in [6, 6.07) is 0. The lowest BCUT2D eigenvalue weighted by atomic mass is 10.6. The topological polar surface area (TPSA) is 64.2 Å². The van der Waals surface area contributed by atoms with Gasteiger partial charge in [-0.3, -0.25) is 0 Å². The summed E-state index contributed by atoms with van der Waals surface area (Å²) in [7, 11) is 0. The van der Waals surface area contributed by atoms with Crippen LogP contribution in [0.3, 0.4) is 0 Å². The fraction of sp³-hybridized carbons (Fsp3) is 1.00. The molecule has 1 rings (SSSR count). The Morgan fingerprint density at radius 3 is 1.86 bits per heavy atom. The Hall–Kier alpha value is -0.200. The molecule has 0 aromatic heterocycles. The first kappa shape index (κ1) is 4.95. The minimum atomic E-state index is -0.500. The summed E-state index contributed by atoms with van der Waals surface area (Å²) in [4.78, 5) is 3.97. The first-order valence-corrected chi connectivity index (χ1v) is 1.97. The SMILES string of the molecule is CC1[NH+]([O-])O[NH+]1[O-]. The van der Waals surface area contributed by atoms with E-state index in [1.165, 1.54) is 6.92 Å². The van der Waals surface area contributed by atoms with Gasteiger partial charge in [-0.1, -0.05) is 0 Å². The van der Waals surface area contributed by atoms with Gasteiger partial charge in [-0.25, -0.2) is 0 Å². The average molecular weight is 106 g/mol. The lowest BCUT2D eigenvalue weighted by Crippen LogP contribution is -3.48. The predicted molar refractivity (Wildman–Crippen MR) is 19.2 cm³/mol. The maximum atomic E-state index is 10.00. The third-order valence-electron chi connectivity index (χ3n) is 0.908. The summed E-state index contributed by atoms with van der Waals surface area (Å²) < 4.78 is 0. The van der Waals surface area contributed by atoms with Crippen LogP contribution in [-0.4, -0.2) is 6.17 Å². The zero-order chi connectivity index (χ0) is 5.44. The summed E-state index contributed by atoms with van der Waals surface area (Å²) in [5.74, 6) is 0. The molecule has 0 saturated carbocycles. The van der Waals surface area contributed by atoms with Crippen LogP contribution in [0.4, 0.5) is 0 Å². The molecule has 0 spiro atoms. The monoisotopic (exact) mass is 106 g/mol. The van der Waals surface area contributed by atoms with Gasteiger partial charge in [0, 0.05) is 11.9 Å². The van der Waals surface area contributed by atoms with Crippen LogP contribution in [0.1, 0.15) is 6.92 Å². The molecule has 0 bridgehead atoms. The first-order valence-electron chi connectivity index (χ1n) is 1.97. The molecule has 2 atom stereocenters. The molecule has 1 aliphatic heterocycles. The largest absolute Gasteiger partial charge is 0.591 e. The Bertz CT molecular complexity index is 69.3. The molecule has 1 heterocycles. The maximum absolute atomic E-state index is 10.00. The van der Waals surface area contributed by atoms with Crippen molar-refractivity contribution in [3.8, 4) is 0 Å². The van der Waals surface area contributed by atoms with Crippen LogP contribution >= 0.6 is 0 Å². The lowest BCUT2D eigenvalue weighted by Gasteiger charge is -2.39. The van der Waals surface area contributed by atoms with Crippen LogP contribution in [0.25, 0.3) is 0 Å². The molecule has 0 aromatic rings. The van der Waals surface area contributed by atoms with Crippen LogP contribution in [0, 0.1) is 10.4 Å². The van der Waals surface area contributed by atoms with E-state index in [0.29, 0.717) is 0 Å². The van der Waals surface area contributed by atoms with Crippen molar-refractivity contribution in [1.29, 1.82) is 0 Å². The highest BCUT2D eigenvalue weighted by Gasteiger charge is 2.33. The first-order chi connectivity index (χ1) is 3.22. The second-order valence-electron chi connectivity index (χ2n) is 1.46. The van der Waals surface area contributed by atoms with E-state index in [-0.39, 0.29) is 0 Å². The standard InChI is InChI=1S/C2H6N2O3/c1-2-3(5)7-4(2)6/h2-4H,1H3. The third kappa shape index (κ3) is 0.601. The molecule has 5 heteroatoms. The minimum Gasteiger partial charge on any atom is -0.591 e. The smallest absolute Gasteiger partial charge is 0.279 e. The number of hydrogen-bond donors (Lipinski definition) is 2. The van der Waals surface area contributed by atoms with E-state index in [1.807, 2.05) is 0 Å². The highest BCUT2D eigenvalue weighted by Crippen LogP contribution is 1.62. The molecule has 0 aromatic carbocycles. The van der Waals surface area contributed by atoms with E-state index in [1.54, 1.807) is 0 Å². The number of hydrogen-bond acceptors (Lipinski definition) is 3. The van der Waals surface area contributed by atoms with Crippen molar-refractivity contribution in [2.24, 2.45) is 0 Å². The molecule has 0 aliphatic carbocycles. The second kappa shape index (κ2) is 1.39. The number of hydroxylamine groups is 4. The van der Waals surface area contributed by atoms with Crippen molar-refractivity contribution < 1.29 is 15.4 Å². The van der Waals surface area contributed by atoms with Crippen LogP contribution in [-0.2, 0) is 4.94 Å². The Morgan fingerprint density at radius 2 is 1.86 bits per heavy atom. The number of quaternary nitrogens is 2. The molecule has 0 radical (unpaired) electrons. The molecule has 1 saturated heterocycles. The van der Waals surface area contributed by atoms with Gasteiger partial charge in [-0.2, -0.15) is 0 Å². The van der Waals surface area contributed by atoms with Crippen LogP contribution in [0.2, 0.25) is 0 Å². The summed E-state index contributed by atoms with van der Waals surface area (Å²) in [6.07, 6.45) is -0.500. The predicted octanol–water partition coefficient (Wildman–Crippen LogP) is -3.04. The van der Waals surface area contributed by atoms with E-state index in [0.717, 1.165) is 0 Å². The van der Waals surface area contributed by atoms with Gasteiger partial charge in [0.05, 0.1) is 0 Å². The lowest BCUT2D eigenvalue weighted by molar-refractivity contribution is -1.49. The molecule has 5 nitrogen and oxygen atoms in total. The second-order valence-corrected chi connectivity index (χ2v) is 1.46. The molecule has 7 heavy (non-hydrogen) atoms. The molecular formula is C2H6N2O3. The van der Waals surface area contributed by atoms with Gasteiger partial charge in [-0.15, -0.1) is 10.5 Å². The highest BCUT2D eigenvalue weighted by atomic mass is 17.1. The van der Waals surface area contributed by atoms with Gasteiger partial charge in [0.25, 0.3) is 6.17 Å². The number of rotatable bonds is 0. The Labute approximate surface area is 40.1 Å². The summed E-state index contributed by atoms with van der Waals surface area (Å²) in [5, 5.41) is 19.2. The fourth-order valence-corrected chi connectivity index (χ4v) is 0.314. The van der Waals surface area contributed by atoms with E-state index in [9.17, 15) is 10.4 Å². The number of nitrogens with one attached hydrogen (secondary N) is 2. The van der Waals surface area contributed by atoms with E-state index < -0.39 is 16.6 Å². The third-order valence-corrected chi connectivity index (χ3v) is 0.908. The van der Waals surface area contributed by atoms with Crippen molar-refractivity contribution >= 4 is 0 Å². The van der Waals surface area contributed by atoms with Crippen molar-refractivity contribution in [1.82, 2.24) is 0 Å². The van der Waals surface area contributed by atoms with Gasteiger partial charge in [-0.05, 0) is 0 Å². The fourth-order valence-electron chi connectivity index (χ4n) is 0.314. The van der Waals surface area contributed by atoms with E-state index >= 15 is 0 Å². The maximum Gasteiger partial charge on any atom is 0.279 e. The van der Waals surface area contributed by atoms with Gasteiger partial charge in [0.2, 0.25) is 0 Å². The normalized spacial score (nSPS) is 51.0. The summed E-state index contributed by atoms with van der Waals surface area (Å²) in [5.41, 5.74) is 0. The van der Waals surface area contributed by atoms with Crippen molar-refractivity contribution in [3.63, 3.8) is 0 Å². The molecule has 2 unspecified atom stereocenters. The molecular weight excluding hydrogens is 100 g/mol. The van der Waals surface area contributed by atoms with Crippen molar-refractivity contribution in [2.75, 3.05) is 0 Å². The zero-order valence-electron chi connectivity index (χ0n) is 3.80. The van der Waals surface area contributed by atoms with Crippen molar-refractivity contribution in [2.45, 2.75) is 13.1 Å². The molecule has 42 valence electrons. The summed E-state index contributed by atoms with van der Waals surface area (Å²) >= 11 is 0. The molecule has 1 aliphatic rings. The minimum absolute atomic E-state index is 0.412. The molecule has 0 amide bonds. The van der Waals surface area contributed by atoms with E-state index in [4.69, 9.17) is 0 Å². The zero-order valence-corrected chi connectivity index (χ0v) is 3.80. The van der Waals surface area contributed by atoms with E-state index in [2.05, 4.69) is 4.94 Å². The summed E-state index contributed by atoms with van der Waals surface area (Å²) in [6.45, 7) is 1.52. The van der Waals surface area contributed by atoms with Gasteiger partial charge >= 0.3 is 0 Å². The van der Waals surface area contributed by atoms with Crippen LogP contribution in [0.5, 0.6) is 0 Å². The highest BCUT2D eigenvalue weighted by molar-refractivity contribution is 4.19. The average Bonchev–Trinajstić information content (AvgIpc) is 1.68. The van der Waals surface area contributed by atoms with Gasteiger partial charge in [0.15, 0.2) is 0 Å². The van der Waals surface area contributed by atoms with Crippen molar-refractivity contribution in [3.05, 3.63) is 10.4 Å². The quantitative estimate of drug-likeness (QED) is 0.323. The molecule has 2 N–H and O–H groups in total. The Balaban J connectivity index is 2.29. The van der Waals surface area contributed by atoms with Crippen LogP contribution < -0.4 is 10.5 Å². The Kier molecular flexibility index (Phi) is 0.983. The molecule has 1 fully saturated rings. The van der Waals surface area contributed by atoms with Gasteiger partial charge < -0.3 is 10.4 Å². The van der Waals surface area contributed by atoms with Crippen LogP contribution in [0.15, 0.2) is 0 Å². The van der Waals surface area contributed by atoms with Gasteiger partial charge in [0.1, 0.15) is 0 Å².